The average molecular weight is 169 g/mol. The van der Waals surface area contributed by atoms with Crippen LogP contribution in [-0.2, 0) is 16.5 Å². The van der Waals surface area contributed by atoms with Gasteiger partial charge in [0.05, 0.1) is 5.75 Å². The summed E-state index contributed by atoms with van der Waals surface area (Å²) < 4.78 is 20.7. The Morgan fingerprint density at radius 2 is 1.91 bits per heavy atom. The van der Waals surface area contributed by atoms with E-state index in [2.05, 4.69) is 6.92 Å². The van der Waals surface area contributed by atoms with Crippen LogP contribution in [0, 0.1) is 6.92 Å². The van der Waals surface area contributed by atoms with E-state index in [9.17, 15) is 8.42 Å². The highest BCUT2D eigenvalue weighted by Gasteiger charge is 1.96. The third-order valence-corrected chi connectivity index (χ3v) is 2.02. The second-order valence-corrected chi connectivity index (χ2v) is 3.24. The molecule has 0 fully saturated rings. The van der Waals surface area contributed by atoms with E-state index in [0.29, 0.717) is 0 Å². The summed E-state index contributed by atoms with van der Waals surface area (Å²) in [6.07, 6.45) is 0. The van der Waals surface area contributed by atoms with E-state index in [-0.39, 0.29) is 5.75 Å². The molecule has 1 aromatic rings. The zero-order valence-corrected chi connectivity index (χ0v) is 6.88. The van der Waals surface area contributed by atoms with Crippen LogP contribution in [0.25, 0.3) is 0 Å². The lowest BCUT2D eigenvalue weighted by molar-refractivity contribution is 0.614. The van der Waals surface area contributed by atoms with E-state index in [4.69, 9.17) is 0 Å². The molecule has 0 N–H and O–H groups in total. The molecular weight excluding hydrogens is 160 g/mol. The summed E-state index contributed by atoms with van der Waals surface area (Å²) >= 11 is 0. The number of hydrogen-bond donors (Lipinski definition) is 1. The van der Waals surface area contributed by atoms with Crippen LogP contribution in [0.5, 0.6) is 0 Å². The lowest BCUT2D eigenvalue weighted by Crippen LogP contribution is -1.89. The molecule has 0 bridgehead atoms. The zero-order chi connectivity index (χ0) is 8.27. The average Bonchev–Trinajstić information content (AvgIpc) is 1.93. The summed E-state index contributed by atoms with van der Waals surface area (Å²) in [4.78, 5) is 0. The van der Waals surface area contributed by atoms with Crippen LogP contribution in [0.4, 0.5) is 0 Å². The Bertz CT molecular complexity index is 308. The van der Waals surface area contributed by atoms with Gasteiger partial charge in [-0.15, -0.1) is 0 Å². The van der Waals surface area contributed by atoms with E-state index >= 15 is 0 Å². The normalized spacial score (nSPS) is 10.4. The van der Waals surface area contributed by atoms with Gasteiger partial charge in [-0.1, -0.05) is 24.3 Å². The Labute approximate surface area is 67.8 Å². The smallest absolute Gasteiger partial charge is 0.144 e. The third-order valence-electron chi connectivity index (χ3n) is 1.42. The van der Waals surface area contributed by atoms with Crippen LogP contribution in [0.3, 0.4) is 0 Å². The monoisotopic (exact) mass is 169 g/mol. The molecule has 0 aliphatic carbocycles. The lowest BCUT2D eigenvalue weighted by atomic mass is 10.1. The van der Waals surface area contributed by atoms with Crippen molar-refractivity contribution in [3.63, 3.8) is 0 Å². The van der Waals surface area contributed by atoms with Crippen LogP contribution in [0.2, 0.25) is 0 Å². The summed E-state index contributed by atoms with van der Waals surface area (Å²) in [7, 11) is -2.33. The molecular formula is C8H9O2S. The molecule has 0 amide bonds. The van der Waals surface area contributed by atoms with Crippen LogP contribution < -0.4 is 0 Å². The van der Waals surface area contributed by atoms with Gasteiger partial charge in [-0.25, -0.2) is 8.42 Å². The first kappa shape index (κ1) is 8.27. The molecule has 2 nitrogen and oxygen atoms in total. The first-order valence-electron chi connectivity index (χ1n) is 3.22. The fraction of sp³-hybridized carbons (Fsp3) is 0.125. The minimum Gasteiger partial charge on any atom is -0.232 e. The van der Waals surface area contributed by atoms with Crippen molar-refractivity contribution in [1.82, 2.24) is 0 Å². The maximum absolute atomic E-state index is 10.3. The van der Waals surface area contributed by atoms with Gasteiger partial charge in [0.1, 0.15) is 10.7 Å². The zero-order valence-electron chi connectivity index (χ0n) is 5.99. The quantitative estimate of drug-likeness (QED) is 0.670. The van der Waals surface area contributed by atoms with Gasteiger partial charge in [-0.05, 0) is 18.1 Å². The first-order valence-corrected chi connectivity index (χ1v) is 4.58. The highest BCUT2D eigenvalue weighted by molar-refractivity contribution is 7.71. The fourth-order valence-corrected chi connectivity index (χ4v) is 1.44. The van der Waals surface area contributed by atoms with Crippen molar-refractivity contribution in [3.05, 3.63) is 42.3 Å². The Balaban J connectivity index is 2.94. The molecule has 0 spiro atoms. The largest absolute Gasteiger partial charge is 0.232 e. The lowest BCUT2D eigenvalue weighted by Gasteiger charge is -1.98. The minimum absolute atomic E-state index is 0.0923. The number of hydrogen-bond acceptors (Lipinski definition) is 2. The number of benzene rings is 1. The van der Waals surface area contributed by atoms with Gasteiger partial charge in [0, 0.05) is 0 Å². The highest BCUT2D eigenvalue weighted by Crippen LogP contribution is 2.07. The molecule has 1 rings (SSSR count). The molecule has 59 valence electrons. The van der Waals surface area contributed by atoms with Gasteiger partial charge in [-0.3, -0.25) is 0 Å². The van der Waals surface area contributed by atoms with Crippen molar-refractivity contribution in [3.8, 4) is 0 Å². The standard InChI is InChI=1S/C8H9O2S/c1-7-4-2-3-5-8(7)6-11(9)10/h2-5,11H,1,6H2. The summed E-state index contributed by atoms with van der Waals surface area (Å²) in [5.74, 6) is 0.0923. The molecule has 0 saturated carbocycles. The van der Waals surface area contributed by atoms with Crippen LogP contribution >= 0.6 is 0 Å². The molecule has 0 aromatic heterocycles. The van der Waals surface area contributed by atoms with E-state index in [1.165, 1.54) is 0 Å². The van der Waals surface area contributed by atoms with Gasteiger partial charge in [0.25, 0.3) is 0 Å². The van der Waals surface area contributed by atoms with Crippen molar-refractivity contribution in [1.29, 1.82) is 0 Å². The van der Waals surface area contributed by atoms with Crippen molar-refractivity contribution >= 4 is 10.7 Å². The van der Waals surface area contributed by atoms with Gasteiger partial charge in [-0.2, -0.15) is 0 Å². The topological polar surface area (TPSA) is 34.1 Å². The number of rotatable bonds is 2. The fourth-order valence-electron chi connectivity index (χ4n) is 0.851. The predicted octanol–water partition coefficient (Wildman–Crippen LogP) is 0.980. The van der Waals surface area contributed by atoms with E-state index in [0.717, 1.165) is 11.1 Å². The SMILES string of the molecule is [CH2]c1ccccc1C[SH](=O)=O. The maximum atomic E-state index is 10.3. The van der Waals surface area contributed by atoms with Crippen molar-refractivity contribution in [2.75, 3.05) is 0 Å². The molecule has 0 aliphatic rings. The third kappa shape index (κ3) is 2.35. The molecule has 1 aromatic carbocycles. The Morgan fingerprint density at radius 1 is 1.27 bits per heavy atom. The molecule has 0 atom stereocenters. The number of thiol groups is 1. The van der Waals surface area contributed by atoms with Crippen LogP contribution in [-0.4, -0.2) is 8.42 Å². The maximum Gasteiger partial charge on any atom is 0.144 e. The van der Waals surface area contributed by atoms with E-state index in [1.807, 2.05) is 12.1 Å². The molecule has 0 unspecified atom stereocenters. The van der Waals surface area contributed by atoms with Gasteiger partial charge >= 0.3 is 0 Å². The van der Waals surface area contributed by atoms with Crippen molar-refractivity contribution in [2.24, 2.45) is 0 Å². The molecule has 1 radical (unpaired) electrons. The van der Waals surface area contributed by atoms with E-state index < -0.39 is 10.7 Å². The van der Waals surface area contributed by atoms with Crippen LogP contribution in [0.15, 0.2) is 24.3 Å². The summed E-state index contributed by atoms with van der Waals surface area (Å²) in [6.45, 7) is 3.71. The highest BCUT2D eigenvalue weighted by atomic mass is 32.2. The van der Waals surface area contributed by atoms with Crippen LogP contribution in [0.1, 0.15) is 11.1 Å². The predicted molar refractivity (Wildman–Crippen MR) is 44.9 cm³/mol. The van der Waals surface area contributed by atoms with Crippen molar-refractivity contribution in [2.45, 2.75) is 5.75 Å². The second-order valence-electron chi connectivity index (χ2n) is 2.26. The molecule has 0 aliphatic heterocycles. The summed E-state index contributed by atoms with van der Waals surface area (Å²) in [5.41, 5.74) is 1.57. The molecule has 3 heteroatoms. The van der Waals surface area contributed by atoms with Crippen molar-refractivity contribution < 1.29 is 8.42 Å². The Morgan fingerprint density at radius 3 is 2.45 bits per heavy atom. The molecule has 0 saturated heterocycles. The first-order chi connectivity index (χ1) is 5.20. The minimum atomic E-state index is -2.33. The van der Waals surface area contributed by atoms with E-state index in [1.54, 1.807) is 12.1 Å². The Hall–Kier alpha value is -0.830. The Kier molecular flexibility index (Phi) is 2.65. The molecule has 11 heavy (non-hydrogen) atoms. The van der Waals surface area contributed by atoms with Gasteiger partial charge < -0.3 is 0 Å². The molecule has 0 heterocycles. The van der Waals surface area contributed by atoms with Gasteiger partial charge in [0.15, 0.2) is 0 Å². The van der Waals surface area contributed by atoms with Gasteiger partial charge in [0.2, 0.25) is 0 Å². The second kappa shape index (κ2) is 3.53. The summed E-state index contributed by atoms with van der Waals surface area (Å²) in [5, 5.41) is 0. The summed E-state index contributed by atoms with van der Waals surface area (Å²) in [6, 6.07) is 7.22.